The Morgan fingerprint density at radius 2 is 2.06 bits per heavy atom. The first kappa shape index (κ1) is 11.3. The molecule has 0 aliphatic carbocycles. The third-order valence-electron chi connectivity index (χ3n) is 2.36. The molecule has 1 aliphatic heterocycles. The molecule has 1 aromatic rings. The first-order valence-corrected chi connectivity index (χ1v) is 6.89. The fourth-order valence-corrected chi connectivity index (χ4v) is 3.37. The molecule has 2 rings (SSSR count). The van der Waals surface area contributed by atoms with E-state index in [0.717, 1.165) is 6.42 Å². The van der Waals surface area contributed by atoms with Gasteiger partial charge in [0.05, 0.1) is 5.69 Å². The standard InChI is InChI=1S/C10H12N2O2S2/c1-2-7-12-8-5-3-4-6-9(8)16(13,14)11-10(12)15/h3-6H,2,7H2,1H3,(H,11,15). The van der Waals surface area contributed by atoms with E-state index in [4.69, 9.17) is 12.2 Å². The predicted octanol–water partition coefficient (Wildman–Crippen LogP) is 1.48. The van der Waals surface area contributed by atoms with Crippen LogP contribution in [0.2, 0.25) is 0 Å². The van der Waals surface area contributed by atoms with Crippen LogP contribution in [0.5, 0.6) is 0 Å². The van der Waals surface area contributed by atoms with Crippen LogP contribution in [0.3, 0.4) is 0 Å². The lowest BCUT2D eigenvalue weighted by atomic mass is 10.3. The van der Waals surface area contributed by atoms with E-state index in [1.807, 2.05) is 17.9 Å². The normalized spacial score (nSPS) is 17.8. The van der Waals surface area contributed by atoms with Crippen LogP contribution in [0.25, 0.3) is 0 Å². The van der Waals surface area contributed by atoms with Crippen LogP contribution in [0.15, 0.2) is 29.2 Å². The molecule has 0 amide bonds. The second-order valence-corrected chi connectivity index (χ2v) is 5.57. The van der Waals surface area contributed by atoms with Crippen molar-refractivity contribution in [3.05, 3.63) is 24.3 Å². The predicted molar refractivity (Wildman–Crippen MR) is 67.0 cm³/mol. The molecule has 0 radical (unpaired) electrons. The Balaban J connectivity index is 2.59. The molecule has 0 atom stereocenters. The molecule has 4 nitrogen and oxygen atoms in total. The van der Waals surface area contributed by atoms with Crippen molar-refractivity contribution in [2.45, 2.75) is 18.2 Å². The van der Waals surface area contributed by atoms with Gasteiger partial charge in [0, 0.05) is 6.54 Å². The van der Waals surface area contributed by atoms with Crippen molar-refractivity contribution < 1.29 is 8.42 Å². The largest absolute Gasteiger partial charge is 0.317 e. The zero-order valence-corrected chi connectivity index (χ0v) is 10.4. The number of sulfonamides is 1. The van der Waals surface area contributed by atoms with Crippen molar-refractivity contribution in [1.82, 2.24) is 4.72 Å². The van der Waals surface area contributed by atoms with Crippen molar-refractivity contribution in [1.29, 1.82) is 0 Å². The topological polar surface area (TPSA) is 49.4 Å². The van der Waals surface area contributed by atoms with Crippen LogP contribution < -0.4 is 9.62 Å². The Morgan fingerprint density at radius 1 is 1.38 bits per heavy atom. The molecule has 0 spiro atoms. The maximum atomic E-state index is 11.8. The molecule has 0 saturated heterocycles. The smallest absolute Gasteiger partial charge is 0.265 e. The van der Waals surface area contributed by atoms with Crippen LogP contribution in [0.4, 0.5) is 5.69 Å². The van der Waals surface area contributed by atoms with E-state index < -0.39 is 10.0 Å². The second-order valence-electron chi connectivity index (χ2n) is 3.53. The molecule has 6 heteroatoms. The van der Waals surface area contributed by atoms with Crippen LogP contribution in [0, 0.1) is 0 Å². The molecule has 1 N–H and O–H groups in total. The van der Waals surface area contributed by atoms with E-state index in [1.54, 1.807) is 18.2 Å². The highest BCUT2D eigenvalue weighted by Crippen LogP contribution is 2.28. The van der Waals surface area contributed by atoms with E-state index in [1.165, 1.54) is 0 Å². The number of nitrogens with zero attached hydrogens (tertiary/aromatic N) is 1. The molecule has 0 bridgehead atoms. The second kappa shape index (κ2) is 4.03. The number of hydrogen-bond acceptors (Lipinski definition) is 3. The Morgan fingerprint density at radius 3 is 2.75 bits per heavy atom. The van der Waals surface area contributed by atoms with Crippen LogP contribution in [0.1, 0.15) is 13.3 Å². The van der Waals surface area contributed by atoms with Crippen molar-refractivity contribution in [3.63, 3.8) is 0 Å². The number of nitrogens with one attached hydrogen (secondary N) is 1. The molecule has 0 aromatic heterocycles. The monoisotopic (exact) mass is 256 g/mol. The molecule has 1 aromatic carbocycles. The summed E-state index contributed by atoms with van der Waals surface area (Å²) in [5.41, 5.74) is 0.660. The van der Waals surface area contributed by atoms with Crippen molar-refractivity contribution in [3.8, 4) is 0 Å². The van der Waals surface area contributed by atoms with Gasteiger partial charge in [-0.15, -0.1) is 0 Å². The summed E-state index contributed by atoms with van der Waals surface area (Å²) in [7, 11) is -3.48. The summed E-state index contributed by atoms with van der Waals surface area (Å²) in [6.07, 6.45) is 0.899. The lowest BCUT2D eigenvalue weighted by Gasteiger charge is -2.31. The van der Waals surface area contributed by atoms with Gasteiger partial charge in [0.1, 0.15) is 4.90 Å². The number of para-hydroxylation sites is 1. The van der Waals surface area contributed by atoms with Crippen molar-refractivity contribution >= 4 is 33.0 Å². The number of benzene rings is 1. The molecular weight excluding hydrogens is 244 g/mol. The summed E-state index contributed by atoms with van der Waals surface area (Å²) in [4.78, 5) is 2.10. The van der Waals surface area contributed by atoms with E-state index in [9.17, 15) is 8.42 Å². The Kier molecular flexibility index (Phi) is 2.86. The highest BCUT2D eigenvalue weighted by molar-refractivity contribution is 7.92. The Hall–Kier alpha value is -1.14. The van der Waals surface area contributed by atoms with Gasteiger partial charge in [-0.2, -0.15) is 0 Å². The minimum Gasteiger partial charge on any atom is -0.317 e. The van der Waals surface area contributed by atoms with Gasteiger partial charge >= 0.3 is 0 Å². The minimum atomic E-state index is -3.48. The average Bonchev–Trinajstić information content (AvgIpc) is 2.24. The zero-order chi connectivity index (χ0) is 11.8. The maximum Gasteiger partial charge on any atom is 0.265 e. The van der Waals surface area contributed by atoms with E-state index in [0.29, 0.717) is 12.2 Å². The number of anilines is 1. The molecule has 0 saturated carbocycles. The van der Waals surface area contributed by atoms with Gasteiger partial charge in [0.15, 0.2) is 5.11 Å². The summed E-state index contributed by atoms with van der Waals surface area (Å²) in [5.74, 6) is 0. The van der Waals surface area contributed by atoms with Crippen LogP contribution in [-0.2, 0) is 10.0 Å². The maximum absolute atomic E-state index is 11.8. The average molecular weight is 256 g/mol. The molecule has 0 fully saturated rings. The van der Waals surface area contributed by atoms with Crippen LogP contribution >= 0.6 is 12.2 Å². The highest BCUT2D eigenvalue weighted by atomic mass is 32.2. The molecule has 0 unspecified atom stereocenters. The Bertz CT molecular complexity index is 525. The van der Waals surface area contributed by atoms with Gasteiger partial charge in [-0.3, -0.25) is 4.72 Å². The lowest BCUT2D eigenvalue weighted by Crippen LogP contribution is -2.47. The highest BCUT2D eigenvalue weighted by Gasteiger charge is 2.30. The van der Waals surface area contributed by atoms with Gasteiger partial charge in [-0.05, 0) is 30.8 Å². The summed E-state index contributed by atoms with van der Waals surface area (Å²) >= 11 is 5.05. The zero-order valence-electron chi connectivity index (χ0n) is 8.80. The van der Waals surface area contributed by atoms with Gasteiger partial charge in [0.2, 0.25) is 0 Å². The summed E-state index contributed by atoms with van der Waals surface area (Å²) in [6.45, 7) is 2.73. The van der Waals surface area contributed by atoms with Crippen LogP contribution in [-0.4, -0.2) is 20.1 Å². The lowest BCUT2D eigenvalue weighted by molar-refractivity contribution is 0.590. The van der Waals surface area contributed by atoms with E-state index >= 15 is 0 Å². The van der Waals surface area contributed by atoms with Gasteiger partial charge in [0.25, 0.3) is 10.0 Å². The number of rotatable bonds is 2. The molecule has 1 heterocycles. The summed E-state index contributed by atoms with van der Waals surface area (Å²) in [6, 6.07) is 6.87. The van der Waals surface area contributed by atoms with Crippen molar-refractivity contribution in [2.75, 3.05) is 11.4 Å². The number of hydrogen-bond donors (Lipinski definition) is 1. The fraction of sp³-hybridized carbons (Fsp3) is 0.300. The summed E-state index contributed by atoms with van der Waals surface area (Å²) < 4.78 is 26.0. The number of fused-ring (bicyclic) bond motifs is 1. The summed E-state index contributed by atoms with van der Waals surface area (Å²) in [5, 5.41) is 0.251. The third-order valence-corrected chi connectivity index (χ3v) is 4.20. The first-order chi connectivity index (χ1) is 7.56. The quantitative estimate of drug-likeness (QED) is 0.814. The minimum absolute atomic E-state index is 0.251. The molecular formula is C10H12N2O2S2. The first-order valence-electron chi connectivity index (χ1n) is 4.99. The molecule has 16 heavy (non-hydrogen) atoms. The van der Waals surface area contributed by atoms with E-state index in [-0.39, 0.29) is 10.0 Å². The third kappa shape index (κ3) is 1.78. The van der Waals surface area contributed by atoms with Gasteiger partial charge < -0.3 is 4.90 Å². The number of thiocarbonyl (C=S) groups is 1. The Labute approximate surface area is 100 Å². The molecule has 86 valence electrons. The van der Waals surface area contributed by atoms with Gasteiger partial charge in [-0.25, -0.2) is 8.42 Å². The van der Waals surface area contributed by atoms with E-state index in [2.05, 4.69) is 4.72 Å². The molecule has 1 aliphatic rings. The van der Waals surface area contributed by atoms with Crippen molar-refractivity contribution in [2.24, 2.45) is 0 Å². The fourth-order valence-electron chi connectivity index (χ4n) is 1.69. The SMILES string of the molecule is CCCN1C(=S)NS(=O)(=O)c2ccccc21. The van der Waals surface area contributed by atoms with Gasteiger partial charge in [-0.1, -0.05) is 19.1 Å².